The Hall–Kier alpha value is -2.14. The molecule has 0 saturated carbocycles. The first-order valence-corrected chi connectivity index (χ1v) is 8.17. The number of benzene rings is 1. The molecule has 1 amide bonds. The molecule has 2 rings (SSSR count). The first-order chi connectivity index (χ1) is 11.0. The molecule has 0 aliphatic carbocycles. The Balaban J connectivity index is 2.08. The number of rotatable bonds is 7. The second-order valence-electron chi connectivity index (χ2n) is 6.15. The Morgan fingerprint density at radius 1 is 1.39 bits per heavy atom. The number of nitrogens with two attached hydrogens (primary N) is 1. The van der Waals surface area contributed by atoms with Gasteiger partial charge in [-0.15, -0.1) is 0 Å². The van der Waals surface area contributed by atoms with E-state index in [1.165, 1.54) is 0 Å². The van der Waals surface area contributed by atoms with Crippen LogP contribution in [-0.4, -0.2) is 21.5 Å². The maximum Gasteiger partial charge on any atom is 0.241 e. The van der Waals surface area contributed by atoms with Gasteiger partial charge in [-0.05, 0) is 24.1 Å². The Kier molecular flexibility index (Phi) is 5.93. The van der Waals surface area contributed by atoms with Gasteiger partial charge in [0.15, 0.2) is 0 Å². The van der Waals surface area contributed by atoms with E-state index in [9.17, 15) is 4.79 Å². The summed E-state index contributed by atoms with van der Waals surface area (Å²) < 4.78 is 2.13. The Morgan fingerprint density at radius 3 is 2.87 bits per heavy atom. The Morgan fingerprint density at radius 2 is 2.17 bits per heavy atom. The van der Waals surface area contributed by atoms with Gasteiger partial charge < -0.3 is 15.6 Å². The number of hydrogen-bond donors (Lipinski definition) is 2. The fraction of sp³-hybridized carbons (Fsp3) is 0.444. The van der Waals surface area contributed by atoms with Crippen LogP contribution in [0.4, 0.5) is 5.69 Å². The normalized spacial score (nSPS) is 12.4. The number of carbonyl (C=O) groups is 1. The molecule has 1 aromatic carbocycles. The number of imidazole rings is 1. The molecule has 0 aliphatic heterocycles. The Bertz CT molecular complexity index is 648. The molecule has 3 N–H and O–H groups in total. The van der Waals surface area contributed by atoms with Gasteiger partial charge in [-0.3, -0.25) is 4.79 Å². The highest BCUT2D eigenvalue weighted by molar-refractivity contribution is 5.94. The molecule has 1 unspecified atom stereocenters. The van der Waals surface area contributed by atoms with Crippen LogP contribution in [0.15, 0.2) is 36.7 Å². The SMILES string of the molecule is CCCC(N)C(=O)Nc1cccc(Cn2ccnc2C(C)C)c1. The summed E-state index contributed by atoms with van der Waals surface area (Å²) in [5, 5.41) is 2.90. The molecule has 0 fully saturated rings. The molecule has 23 heavy (non-hydrogen) atoms. The number of amides is 1. The number of nitrogens with zero attached hydrogens (tertiary/aromatic N) is 2. The zero-order valence-electron chi connectivity index (χ0n) is 14.1. The van der Waals surface area contributed by atoms with Crippen molar-refractivity contribution in [3.8, 4) is 0 Å². The minimum Gasteiger partial charge on any atom is -0.330 e. The third kappa shape index (κ3) is 4.66. The smallest absolute Gasteiger partial charge is 0.241 e. The first kappa shape index (κ1) is 17.2. The second kappa shape index (κ2) is 7.92. The van der Waals surface area contributed by atoms with E-state index in [0.717, 1.165) is 30.0 Å². The fourth-order valence-corrected chi connectivity index (χ4v) is 2.58. The Labute approximate surface area is 137 Å². The lowest BCUT2D eigenvalue weighted by molar-refractivity contribution is -0.117. The maximum absolute atomic E-state index is 12.0. The van der Waals surface area contributed by atoms with Crippen molar-refractivity contribution in [1.29, 1.82) is 0 Å². The molecule has 0 radical (unpaired) electrons. The van der Waals surface area contributed by atoms with Crippen LogP contribution >= 0.6 is 0 Å². The molecule has 0 spiro atoms. The highest BCUT2D eigenvalue weighted by Crippen LogP contribution is 2.16. The molecule has 5 nitrogen and oxygen atoms in total. The topological polar surface area (TPSA) is 72.9 Å². The van der Waals surface area contributed by atoms with Crippen molar-refractivity contribution in [2.24, 2.45) is 5.73 Å². The van der Waals surface area contributed by atoms with Crippen LogP contribution < -0.4 is 11.1 Å². The highest BCUT2D eigenvalue weighted by Gasteiger charge is 2.13. The third-order valence-corrected chi connectivity index (χ3v) is 3.75. The molecule has 2 aromatic rings. The molecule has 1 heterocycles. The van der Waals surface area contributed by atoms with E-state index in [2.05, 4.69) is 28.7 Å². The van der Waals surface area contributed by atoms with E-state index in [4.69, 9.17) is 5.73 Å². The predicted molar refractivity (Wildman–Crippen MR) is 93.4 cm³/mol. The standard InChI is InChI=1S/C18H26N4O/c1-4-6-16(19)18(23)21-15-8-5-7-14(11-15)12-22-10-9-20-17(22)13(2)3/h5,7-11,13,16H,4,6,12,19H2,1-3H3,(H,21,23). The fourth-order valence-electron chi connectivity index (χ4n) is 2.58. The van der Waals surface area contributed by atoms with Crippen molar-refractivity contribution in [2.45, 2.75) is 52.1 Å². The van der Waals surface area contributed by atoms with Crippen LogP contribution in [0.3, 0.4) is 0 Å². The van der Waals surface area contributed by atoms with Crippen molar-refractivity contribution >= 4 is 11.6 Å². The first-order valence-electron chi connectivity index (χ1n) is 8.17. The van der Waals surface area contributed by atoms with Gasteiger partial charge >= 0.3 is 0 Å². The number of carbonyl (C=O) groups excluding carboxylic acids is 1. The van der Waals surface area contributed by atoms with Crippen LogP contribution in [0.1, 0.15) is 50.9 Å². The summed E-state index contributed by atoms with van der Waals surface area (Å²) in [7, 11) is 0. The lowest BCUT2D eigenvalue weighted by atomic mass is 10.1. The van der Waals surface area contributed by atoms with E-state index in [-0.39, 0.29) is 5.91 Å². The average molecular weight is 314 g/mol. The quantitative estimate of drug-likeness (QED) is 0.824. The minimum absolute atomic E-state index is 0.130. The molecule has 124 valence electrons. The van der Waals surface area contributed by atoms with E-state index in [1.807, 2.05) is 43.6 Å². The summed E-state index contributed by atoms with van der Waals surface area (Å²) in [6, 6.07) is 7.41. The van der Waals surface area contributed by atoms with Gasteiger partial charge in [0.25, 0.3) is 0 Å². The van der Waals surface area contributed by atoms with Crippen LogP contribution in [0, 0.1) is 0 Å². The predicted octanol–water partition coefficient (Wildman–Crippen LogP) is 3.12. The van der Waals surface area contributed by atoms with Gasteiger partial charge in [0.2, 0.25) is 5.91 Å². The number of nitrogens with one attached hydrogen (secondary N) is 1. The molecule has 0 saturated heterocycles. The second-order valence-corrected chi connectivity index (χ2v) is 6.15. The molecule has 0 aliphatic rings. The summed E-state index contributed by atoms with van der Waals surface area (Å²) in [5.74, 6) is 1.30. The molecular formula is C18H26N4O. The van der Waals surface area contributed by atoms with Gasteiger partial charge in [0.1, 0.15) is 5.82 Å². The van der Waals surface area contributed by atoms with E-state index >= 15 is 0 Å². The van der Waals surface area contributed by atoms with Crippen LogP contribution in [0.2, 0.25) is 0 Å². The van der Waals surface area contributed by atoms with Crippen LogP contribution in [-0.2, 0) is 11.3 Å². The molecule has 1 atom stereocenters. The van der Waals surface area contributed by atoms with Crippen molar-refractivity contribution in [3.63, 3.8) is 0 Å². The van der Waals surface area contributed by atoms with Gasteiger partial charge in [-0.25, -0.2) is 4.98 Å². The highest BCUT2D eigenvalue weighted by atomic mass is 16.2. The van der Waals surface area contributed by atoms with Crippen molar-refractivity contribution < 1.29 is 4.79 Å². The summed E-state index contributed by atoms with van der Waals surface area (Å²) in [6.07, 6.45) is 5.40. The monoisotopic (exact) mass is 314 g/mol. The molecule has 0 bridgehead atoms. The van der Waals surface area contributed by atoms with Crippen LogP contribution in [0.5, 0.6) is 0 Å². The molecular weight excluding hydrogens is 288 g/mol. The maximum atomic E-state index is 12.0. The van der Waals surface area contributed by atoms with Gasteiger partial charge in [-0.2, -0.15) is 0 Å². The summed E-state index contributed by atoms with van der Waals surface area (Å²) >= 11 is 0. The molecule has 5 heteroatoms. The van der Waals surface area contributed by atoms with Crippen molar-refractivity contribution in [1.82, 2.24) is 9.55 Å². The van der Waals surface area contributed by atoms with Crippen LogP contribution in [0.25, 0.3) is 0 Å². The number of hydrogen-bond acceptors (Lipinski definition) is 3. The lowest BCUT2D eigenvalue weighted by Crippen LogP contribution is -2.35. The van der Waals surface area contributed by atoms with E-state index in [0.29, 0.717) is 12.3 Å². The zero-order chi connectivity index (χ0) is 16.8. The minimum atomic E-state index is -0.454. The largest absolute Gasteiger partial charge is 0.330 e. The average Bonchev–Trinajstić information content (AvgIpc) is 2.96. The van der Waals surface area contributed by atoms with Gasteiger partial charge in [0.05, 0.1) is 6.04 Å². The van der Waals surface area contributed by atoms with Gasteiger partial charge in [0, 0.05) is 30.5 Å². The van der Waals surface area contributed by atoms with E-state index in [1.54, 1.807) is 0 Å². The summed E-state index contributed by atoms with van der Waals surface area (Å²) in [4.78, 5) is 16.4. The van der Waals surface area contributed by atoms with Gasteiger partial charge in [-0.1, -0.05) is 39.3 Å². The number of anilines is 1. The number of aromatic nitrogens is 2. The van der Waals surface area contributed by atoms with Crippen molar-refractivity contribution in [3.05, 3.63) is 48.0 Å². The van der Waals surface area contributed by atoms with Crippen molar-refractivity contribution in [2.75, 3.05) is 5.32 Å². The van der Waals surface area contributed by atoms with E-state index < -0.39 is 6.04 Å². The lowest BCUT2D eigenvalue weighted by Gasteiger charge is -2.13. The third-order valence-electron chi connectivity index (χ3n) is 3.75. The molecule has 1 aromatic heterocycles. The summed E-state index contributed by atoms with van der Waals surface area (Å²) in [5.41, 5.74) is 7.75. The summed E-state index contributed by atoms with van der Waals surface area (Å²) in [6.45, 7) is 7.01. The zero-order valence-corrected chi connectivity index (χ0v) is 14.1.